The van der Waals surface area contributed by atoms with Crippen LogP contribution in [0, 0.1) is 0 Å². The van der Waals surface area contributed by atoms with Crippen molar-refractivity contribution in [2.24, 2.45) is 0 Å². The summed E-state index contributed by atoms with van der Waals surface area (Å²) in [4.78, 5) is 48.0. The Morgan fingerprint density at radius 1 is 1.00 bits per heavy atom. The summed E-state index contributed by atoms with van der Waals surface area (Å²) in [7, 11) is 0. The Bertz CT molecular complexity index is 833. The summed E-state index contributed by atoms with van der Waals surface area (Å²) in [6.45, 7) is 2.81. The predicted molar refractivity (Wildman–Crippen MR) is 103 cm³/mol. The Labute approximate surface area is 167 Å². The van der Waals surface area contributed by atoms with E-state index in [0.717, 1.165) is 5.56 Å². The zero-order valence-electron chi connectivity index (χ0n) is 16.1. The van der Waals surface area contributed by atoms with Gasteiger partial charge in [-0.05, 0) is 31.5 Å². The largest absolute Gasteiger partial charge is 0.459 e. The first-order valence-electron chi connectivity index (χ1n) is 9.00. The quantitative estimate of drug-likeness (QED) is 0.574. The molecule has 1 aromatic heterocycles. The van der Waals surface area contributed by atoms with Gasteiger partial charge in [0.05, 0.1) is 6.26 Å². The van der Waals surface area contributed by atoms with Gasteiger partial charge in [-0.3, -0.25) is 14.9 Å². The number of ether oxygens (including phenoxy) is 1. The normalized spacial score (nSPS) is 11.4. The molecule has 1 atom stereocenters. The number of nitrogens with one attached hydrogen (secondary N) is 3. The molecule has 29 heavy (non-hydrogen) atoms. The van der Waals surface area contributed by atoms with Crippen LogP contribution in [-0.2, 0) is 20.7 Å². The standard InChI is InChI=1S/C20H23N3O6/c1-13(2)21-20(27)23-17(24)12-29-19(26)15(11-14-7-4-3-5-8-14)22-18(25)16-9-6-10-28-16/h3-10,13,15H,11-12H2,1-2H3,(H,22,25)(H2,21,23,24,27). The van der Waals surface area contributed by atoms with Crippen molar-refractivity contribution in [1.29, 1.82) is 0 Å². The highest BCUT2D eigenvalue weighted by Crippen LogP contribution is 2.07. The van der Waals surface area contributed by atoms with Crippen LogP contribution < -0.4 is 16.0 Å². The topological polar surface area (TPSA) is 127 Å². The van der Waals surface area contributed by atoms with Crippen molar-refractivity contribution in [2.45, 2.75) is 32.4 Å². The van der Waals surface area contributed by atoms with E-state index in [1.54, 1.807) is 44.2 Å². The molecule has 154 valence electrons. The number of hydrogen-bond acceptors (Lipinski definition) is 6. The SMILES string of the molecule is CC(C)NC(=O)NC(=O)COC(=O)C(Cc1ccccc1)NC(=O)c1ccco1. The lowest BCUT2D eigenvalue weighted by molar-refractivity contribution is -0.150. The molecule has 1 aromatic carbocycles. The molecule has 0 saturated carbocycles. The minimum atomic E-state index is -1.05. The predicted octanol–water partition coefficient (Wildman–Crippen LogP) is 1.40. The van der Waals surface area contributed by atoms with Gasteiger partial charge in [-0.1, -0.05) is 30.3 Å². The number of carbonyl (C=O) groups excluding carboxylic acids is 4. The molecular weight excluding hydrogens is 378 g/mol. The van der Waals surface area contributed by atoms with Crippen LogP contribution >= 0.6 is 0 Å². The first kappa shape index (κ1) is 21.7. The summed E-state index contributed by atoms with van der Waals surface area (Å²) in [5, 5.41) is 7.07. The van der Waals surface area contributed by atoms with E-state index in [1.807, 2.05) is 11.4 Å². The van der Waals surface area contributed by atoms with Gasteiger partial charge < -0.3 is 19.8 Å². The summed E-state index contributed by atoms with van der Waals surface area (Å²) in [5.74, 6) is -2.15. The number of benzene rings is 1. The number of rotatable bonds is 8. The molecule has 9 nitrogen and oxygen atoms in total. The fourth-order valence-electron chi connectivity index (χ4n) is 2.38. The first-order valence-corrected chi connectivity index (χ1v) is 9.00. The van der Waals surface area contributed by atoms with Gasteiger partial charge in [-0.25, -0.2) is 9.59 Å². The second kappa shape index (κ2) is 10.6. The lowest BCUT2D eigenvalue weighted by Crippen LogP contribution is -2.46. The Kier molecular flexibility index (Phi) is 7.96. The van der Waals surface area contributed by atoms with Crippen LogP contribution in [0.3, 0.4) is 0 Å². The smallest absolute Gasteiger partial charge is 0.329 e. The van der Waals surface area contributed by atoms with E-state index in [9.17, 15) is 19.2 Å². The Morgan fingerprint density at radius 2 is 1.72 bits per heavy atom. The molecule has 4 amide bonds. The fraction of sp³-hybridized carbons (Fsp3) is 0.300. The van der Waals surface area contributed by atoms with Gasteiger partial charge in [0, 0.05) is 12.5 Å². The molecule has 0 radical (unpaired) electrons. The zero-order valence-corrected chi connectivity index (χ0v) is 16.1. The number of amides is 4. The van der Waals surface area contributed by atoms with Crippen molar-refractivity contribution in [1.82, 2.24) is 16.0 Å². The third-order valence-corrected chi connectivity index (χ3v) is 3.64. The van der Waals surface area contributed by atoms with Gasteiger partial charge in [0.1, 0.15) is 6.04 Å². The third-order valence-electron chi connectivity index (χ3n) is 3.64. The number of urea groups is 1. The van der Waals surface area contributed by atoms with Crippen molar-refractivity contribution >= 4 is 23.8 Å². The van der Waals surface area contributed by atoms with Gasteiger partial charge >= 0.3 is 12.0 Å². The molecule has 9 heteroatoms. The number of esters is 1. The second-order valence-electron chi connectivity index (χ2n) is 6.48. The lowest BCUT2D eigenvalue weighted by Gasteiger charge is -2.17. The van der Waals surface area contributed by atoms with E-state index in [2.05, 4.69) is 10.6 Å². The highest BCUT2D eigenvalue weighted by molar-refractivity contribution is 5.97. The molecule has 3 N–H and O–H groups in total. The Morgan fingerprint density at radius 3 is 2.34 bits per heavy atom. The van der Waals surface area contributed by atoms with Crippen molar-refractivity contribution in [2.75, 3.05) is 6.61 Å². The first-order chi connectivity index (χ1) is 13.8. The van der Waals surface area contributed by atoms with Gasteiger partial charge in [-0.15, -0.1) is 0 Å². The minimum Gasteiger partial charge on any atom is -0.459 e. The molecule has 0 aliphatic heterocycles. The maximum Gasteiger partial charge on any atom is 0.329 e. The van der Waals surface area contributed by atoms with E-state index >= 15 is 0 Å². The highest BCUT2D eigenvalue weighted by Gasteiger charge is 2.25. The van der Waals surface area contributed by atoms with E-state index < -0.39 is 36.5 Å². The van der Waals surface area contributed by atoms with Crippen LogP contribution in [0.5, 0.6) is 0 Å². The Balaban J connectivity index is 1.97. The average Bonchev–Trinajstić information content (AvgIpc) is 3.20. The van der Waals surface area contributed by atoms with E-state index in [-0.39, 0.29) is 18.2 Å². The number of hydrogen-bond donors (Lipinski definition) is 3. The van der Waals surface area contributed by atoms with Crippen LogP contribution in [0.15, 0.2) is 53.1 Å². The van der Waals surface area contributed by atoms with Gasteiger partial charge in [0.2, 0.25) is 0 Å². The minimum absolute atomic E-state index is 0.0407. The van der Waals surface area contributed by atoms with Gasteiger partial charge in [0.25, 0.3) is 11.8 Å². The molecule has 0 fully saturated rings. The maximum atomic E-state index is 12.5. The van der Waals surface area contributed by atoms with Crippen LogP contribution in [0.25, 0.3) is 0 Å². The van der Waals surface area contributed by atoms with Crippen molar-refractivity contribution in [3.63, 3.8) is 0 Å². The van der Waals surface area contributed by atoms with Crippen LogP contribution in [0.2, 0.25) is 0 Å². The van der Waals surface area contributed by atoms with Crippen molar-refractivity contribution < 1.29 is 28.3 Å². The van der Waals surface area contributed by atoms with Crippen LogP contribution in [-0.4, -0.2) is 42.5 Å². The van der Waals surface area contributed by atoms with E-state index in [4.69, 9.17) is 9.15 Å². The molecule has 0 spiro atoms. The highest BCUT2D eigenvalue weighted by atomic mass is 16.5. The molecule has 1 heterocycles. The molecule has 1 unspecified atom stereocenters. The van der Waals surface area contributed by atoms with Crippen LogP contribution in [0.1, 0.15) is 30.0 Å². The van der Waals surface area contributed by atoms with Gasteiger partial charge in [0.15, 0.2) is 12.4 Å². The summed E-state index contributed by atoms with van der Waals surface area (Å²) in [6, 6.07) is 10.1. The van der Waals surface area contributed by atoms with E-state index in [0.29, 0.717) is 0 Å². The summed E-state index contributed by atoms with van der Waals surface area (Å²) in [5.41, 5.74) is 0.787. The molecule has 0 aliphatic carbocycles. The van der Waals surface area contributed by atoms with Crippen LogP contribution in [0.4, 0.5) is 4.79 Å². The average molecular weight is 401 g/mol. The lowest BCUT2D eigenvalue weighted by atomic mass is 10.1. The Hall–Kier alpha value is -3.62. The van der Waals surface area contributed by atoms with Crippen molar-refractivity contribution in [3.05, 3.63) is 60.1 Å². The number of imide groups is 1. The molecule has 2 rings (SSSR count). The maximum absolute atomic E-state index is 12.5. The summed E-state index contributed by atoms with van der Waals surface area (Å²) >= 11 is 0. The molecule has 0 aliphatic rings. The molecule has 0 saturated heterocycles. The fourth-order valence-corrected chi connectivity index (χ4v) is 2.38. The summed E-state index contributed by atoms with van der Waals surface area (Å²) < 4.78 is 10.0. The monoisotopic (exact) mass is 401 g/mol. The number of furan rings is 1. The molecule has 2 aromatic rings. The second-order valence-corrected chi connectivity index (χ2v) is 6.48. The summed E-state index contributed by atoms with van der Waals surface area (Å²) in [6.07, 6.45) is 1.49. The molecular formula is C20H23N3O6. The van der Waals surface area contributed by atoms with Crippen molar-refractivity contribution in [3.8, 4) is 0 Å². The van der Waals surface area contributed by atoms with Gasteiger partial charge in [-0.2, -0.15) is 0 Å². The third kappa shape index (κ3) is 7.49. The number of carbonyl (C=O) groups is 4. The zero-order chi connectivity index (χ0) is 21.2. The molecule has 0 bridgehead atoms. The van der Waals surface area contributed by atoms with E-state index in [1.165, 1.54) is 12.3 Å².